The van der Waals surface area contributed by atoms with Crippen molar-refractivity contribution in [2.24, 2.45) is 0 Å². The van der Waals surface area contributed by atoms with Crippen LogP contribution in [0.15, 0.2) is 60.7 Å². The van der Waals surface area contributed by atoms with Crippen molar-refractivity contribution in [3.8, 4) is 5.75 Å². The van der Waals surface area contributed by atoms with Gasteiger partial charge in [0.05, 0.1) is 20.3 Å². The molecule has 1 aliphatic rings. The van der Waals surface area contributed by atoms with Crippen molar-refractivity contribution in [2.45, 2.75) is 12.2 Å². The lowest BCUT2D eigenvalue weighted by Gasteiger charge is -2.24. The number of methoxy groups -OCH3 is 1. The van der Waals surface area contributed by atoms with E-state index in [1.807, 2.05) is 36.4 Å². The quantitative estimate of drug-likeness (QED) is 0.653. The third kappa shape index (κ3) is 4.18. The topological polar surface area (TPSA) is 77.0 Å². The summed E-state index contributed by atoms with van der Waals surface area (Å²) in [6, 6.07) is 20.1. The van der Waals surface area contributed by atoms with Crippen molar-refractivity contribution in [1.29, 1.82) is 0 Å². The van der Waals surface area contributed by atoms with E-state index < -0.39 is 12.4 Å². The Hall–Kier alpha value is -3.09. The van der Waals surface area contributed by atoms with Crippen LogP contribution in [0.5, 0.6) is 5.75 Å². The Morgan fingerprint density at radius 2 is 1.86 bits per heavy atom. The van der Waals surface area contributed by atoms with Crippen LogP contribution in [0.2, 0.25) is 0 Å². The highest BCUT2D eigenvalue weighted by atomic mass is 16.7. The predicted octanol–water partition coefficient (Wildman–Crippen LogP) is 4.29. The van der Waals surface area contributed by atoms with Crippen LogP contribution in [0.25, 0.3) is 10.8 Å². The molecule has 6 heteroatoms. The Bertz CT molecular complexity index is 1010. The van der Waals surface area contributed by atoms with Gasteiger partial charge in [-0.2, -0.15) is 0 Å². The fourth-order valence-corrected chi connectivity index (χ4v) is 3.76. The second kappa shape index (κ2) is 8.51. The van der Waals surface area contributed by atoms with E-state index in [1.54, 1.807) is 7.11 Å². The van der Waals surface area contributed by atoms with Crippen molar-refractivity contribution in [3.05, 3.63) is 77.4 Å². The smallest absolute Gasteiger partial charge is 0.404 e. The number of nitrogens with one attached hydrogen (secondary N) is 1. The number of benzene rings is 3. The van der Waals surface area contributed by atoms with Crippen LogP contribution in [-0.4, -0.2) is 38.1 Å². The molecule has 0 saturated carbocycles. The van der Waals surface area contributed by atoms with E-state index in [0.717, 1.165) is 27.5 Å². The van der Waals surface area contributed by atoms with Crippen LogP contribution >= 0.6 is 0 Å². The molecule has 1 amide bonds. The van der Waals surface area contributed by atoms with E-state index in [1.165, 1.54) is 0 Å². The maximum absolute atomic E-state index is 11.2. The minimum atomic E-state index is -1.06. The maximum Gasteiger partial charge on any atom is 0.404 e. The largest absolute Gasteiger partial charge is 0.497 e. The zero-order valence-corrected chi connectivity index (χ0v) is 16.1. The first-order valence-electron chi connectivity index (χ1n) is 9.52. The standard InChI is InChI=1S/C23H23NO5/c1-27-18-8-9-19(20(13-18)22-28-10-11-29-22)21(14-24-23(25)26)17-7-6-15-4-2-3-5-16(15)12-17/h2-9,12-13,21-22,24H,10-11,14H2,1H3,(H,25,26)/t21-/m0/s1. The molecule has 150 valence electrons. The minimum absolute atomic E-state index is 0.204. The summed E-state index contributed by atoms with van der Waals surface area (Å²) in [7, 11) is 1.61. The van der Waals surface area contributed by atoms with Gasteiger partial charge in [-0.05, 0) is 34.0 Å². The Labute approximate surface area is 169 Å². The predicted molar refractivity (Wildman–Crippen MR) is 109 cm³/mol. The first kappa shape index (κ1) is 19.2. The average molecular weight is 393 g/mol. The van der Waals surface area contributed by atoms with Crippen LogP contribution < -0.4 is 10.1 Å². The van der Waals surface area contributed by atoms with Crippen LogP contribution in [0.1, 0.15) is 28.9 Å². The number of rotatable bonds is 6. The molecular weight excluding hydrogens is 370 g/mol. The first-order valence-corrected chi connectivity index (χ1v) is 9.52. The summed E-state index contributed by atoms with van der Waals surface area (Å²) in [5, 5.41) is 14.0. The number of hydrogen-bond donors (Lipinski definition) is 2. The second-order valence-electron chi connectivity index (χ2n) is 6.91. The number of fused-ring (bicyclic) bond motifs is 1. The SMILES string of the molecule is COc1ccc([C@@H](CNC(=O)O)c2ccc3ccccc3c2)c(C2OCCO2)c1. The fraction of sp³-hybridized carbons (Fsp3) is 0.261. The fourth-order valence-electron chi connectivity index (χ4n) is 3.76. The molecule has 0 radical (unpaired) electrons. The Balaban J connectivity index is 1.81. The molecule has 1 fully saturated rings. The summed E-state index contributed by atoms with van der Waals surface area (Å²) in [5.41, 5.74) is 2.82. The van der Waals surface area contributed by atoms with Gasteiger partial charge in [0, 0.05) is 18.0 Å². The van der Waals surface area contributed by atoms with Gasteiger partial charge in [-0.1, -0.05) is 48.5 Å². The van der Waals surface area contributed by atoms with Crippen molar-refractivity contribution in [1.82, 2.24) is 5.32 Å². The number of carboxylic acid groups (broad SMARTS) is 1. The molecule has 29 heavy (non-hydrogen) atoms. The van der Waals surface area contributed by atoms with Gasteiger partial charge in [-0.25, -0.2) is 4.79 Å². The molecule has 3 aromatic rings. The van der Waals surface area contributed by atoms with Crippen molar-refractivity contribution in [3.63, 3.8) is 0 Å². The van der Waals surface area contributed by atoms with Crippen LogP contribution in [0, 0.1) is 0 Å². The van der Waals surface area contributed by atoms with Crippen molar-refractivity contribution in [2.75, 3.05) is 26.9 Å². The Morgan fingerprint density at radius 3 is 2.59 bits per heavy atom. The van der Waals surface area contributed by atoms with Crippen molar-refractivity contribution < 1.29 is 24.1 Å². The van der Waals surface area contributed by atoms with E-state index in [4.69, 9.17) is 14.2 Å². The number of ether oxygens (including phenoxy) is 3. The molecule has 2 N–H and O–H groups in total. The molecule has 1 atom stereocenters. The molecule has 4 rings (SSSR count). The molecule has 6 nitrogen and oxygen atoms in total. The molecule has 0 spiro atoms. The van der Waals surface area contributed by atoms with Crippen LogP contribution in [-0.2, 0) is 9.47 Å². The lowest BCUT2D eigenvalue weighted by atomic mass is 9.86. The monoisotopic (exact) mass is 393 g/mol. The van der Waals surface area contributed by atoms with E-state index in [-0.39, 0.29) is 12.5 Å². The molecule has 0 aromatic heterocycles. The maximum atomic E-state index is 11.2. The summed E-state index contributed by atoms with van der Waals surface area (Å²) in [6.45, 7) is 1.28. The number of amides is 1. The van der Waals surface area contributed by atoms with Gasteiger partial charge in [0.15, 0.2) is 6.29 Å². The normalized spacial score (nSPS) is 15.3. The summed E-state index contributed by atoms with van der Waals surface area (Å²) < 4.78 is 16.9. The molecule has 3 aromatic carbocycles. The average Bonchev–Trinajstić information content (AvgIpc) is 3.28. The second-order valence-corrected chi connectivity index (χ2v) is 6.91. The Morgan fingerprint density at radius 1 is 1.10 bits per heavy atom. The summed E-state index contributed by atoms with van der Waals surface area (Å²) in [4.78, 5) is 11.2. The van der Waals surface area contributed by atoms with Gasteiger partial charge in [0.1, 0.15) is 5.75 Å². The Kier molecular flexibility index (Phi) is 5.64. The molecule has 1 saturated heterocycles. The summed E-state index contributed by atoms with van der Waals surface area (Å²) >= 11 is 0. The van der Waals surface area contributed by atoms with E-state index in [9.17, 15) is 9.90 Å². The van der Waals surface area contributed by atoms with Gasteiger partial charge >= 0.3 is 6.09 Å². The summed E-state index contributed by atoms with van der Waals surface area (Å²) in [5.74, 6) is 0.496. The molecule has 0 unspecified atom stereocenters. The van der Waals surface area contributed by atoms with Gasteiger partial charge in [-0.3, -0.25) is 0 Å². The molecule has 0 aliphatic carbocycles. The van der Waals surface area contributed by atoms with E-state index in [2.05, 4.69) is 29.6 Å². The zero-order chi connectivity index (χ0) is 20.2. The van der Waals surface area contributed by atoms with Crippen molar-refractivity contribution >= 4 is 16.9 Å². The lowest BCUT2D eigenvalue weighted by Crippen LogP contribution is -2.28. The highest BCUT2D eigenvalue weighted by Gasteiger charge is 2.27. The minimum Gasteiger partial charge on any atom is -0.497 e. The molecule has 1 heterocycles. The highest BCUT2D eigenvalue weighted by molar-refractivity contribution is 5.83. The first-order chi connectivity index (χ1) is 14.2. The van der Waals surface area contributed by atoms with Gasteiger partial charge in [0.2, 0.25) is 0 Å². The third-order valence-corrected chi connectivity index (χ3v) is 5.18. The van der Waals surface area contributed by atoms with Gasteiger partial charge in [0.25, 0.3) is 0 Å². The lowest BCUT2D eigenvalue weighted by molar-refractivity contribution is -0.0449. The molecular formula is C23H23NO5. The number of carbonyl (C=O) groups is 1. The van der Waals surface area contributed by atoms with E-state index >= 15 is 0 Å². The highest BCUT2D eigenvalue weighted by Crippen LogP contribution is 2.36. The zero-order valence-electron chi connectivity index (χ0n) is 16.1. The third-order valence-electron chi connectivity index (χ3n) is 5.18. The van der Waals surface area contributed by atoms with E-state index in [0.29, 0.717) is 19.0 Å². The molecule has 1 aliphatic heterocycles. The number of hydrogen-bond acceptors (Lipinski definition) is 4. The summed E-state index contributed by atoms with van der Waals surface area (Å²) in [6.07, 6.45) is -1.55. The van der Waals surface area contributed by atoms with Crippen LogP contribution in [0.4, 0.5) is 4.79 Å². The van der Waals surface area contributed by atoms with Crippen LogP contribution in [0.3, 0.4) is 0 Å². The van der Waals surface area contributed by atoms with Gasteiger partial charge < -0.3 is 24.6 Å². The molecule has 0 bridgehead atoms. The van der Waals surface area contributed by atoms with Gasteiger partial charge in [-0.15, -0.1) is 0 Å².